The first-order valence-corrected chi connectivity index (χ1v) is 7.87. The maximum absolute atomic E-state index is 12.2. The van der Waals surface area contributed by atoms with Crippen molar-refractivity contribution in [1.29, 1.82) is 0 Å². The van der Waals surface area contributed by atoms with Gasteiger partial charge in [-0.3, -0.25) is 25.0 Å². The van der Waals surface area contributed by atoms with E-state index >= 15 is 0 Å². The number of methoxy groups -OCH3 is 1. The van der Waals surface area contributed by atoms with Crippen LogP contribution in [-0.4, -0.2) is 34.2 Å². The van der Waals surface area contributed by atoms with Crippen molar-refractivity contribution in [2.24, 2.45) is 5.10 Å². The summed E-state index contributed by atoms with van der Waals surface area (Å²) < 4.78 is 10.2. The number of phenols is 1. The monoisotopic (exact) mass is 400 g/mol. The number of carbonyl (C=O) groups is 1. The minimum atomic E-state index is -0.767. The van der Waals surface area contributed by atoms with E-state index in [2.05, 4.69) is 10.5 Å². The van der Waals surface area contributed by atoms with Gasteiger partial charge in [-0.05, 0) is 12.1 Å². The Morgan fingerprint density at radius 3 is 2.55 bits per heavy atom. The Morgan fingerprint density at radius 2 is 1.90 bits per heavy atom. The largest absolute Gasteiger partial charge is 0.504 e. The molecule has 0 aliphatic rings. The first-order valence-electron chi connectivity index (χ1n) is 7.87. The molecule has 0 bridgehead atoms. The molecule has 3 aromatic rings. The molecule has 1 amide bonds. The maximum Gasteiger partial charge on any atom is 0.307 e. The second-order valence-electron chi connectivity index (χ2n) is 5.63. The van der Waals surface area contributed by atoms with Crippen LogP contribution in [0.25, 0.3) is 11.0 Å². The molecule has 1 heterocycles. The molecule has 148 valence electrons. The molecule has 0 aliphatic carbocycles. The van der Waals surface area contributed by atoms with Crippen LogP contribution >= 0.6 is 0 Å². The van der Waals surface area contributed by atoms with Crippen molar-refractivity contribution in [1.82, 2.24) is 5.43 Å². The first kappa shape index (κ1) is 19.3. The van der Waals surface area contributed by atoms with Gasteiger partial charge < -0.3 is 14.3 Å². The van der Waals surface area contributed by atoms with Crippen LogP contribution in [0.2, 0.25) is 0 Å². The van der Waals surface area contributed by atoms with Crippen molar-refractivity contribution in [3.63, 3.8) is 0 Å². The third-order valence-corrected chi connectivity index (χ3v) is 3.82. The molecule has 2 N–H and O–H groups in total. The summed E-state index contributed by atoms with van der Waals surface area (Å²) in [6.07, 6.45) is 0.996. The highest BCUT2D eigenvalue weighted by Crippen LogP contribution is 2.33. The molecule has 12 heteroatoms. The topological polar surface area (TPSA) is 170 Å². The molecule has 12 nitrogen and oxygen atoms in total. The predicted molar refractivity (Wildman–Crippen MR) is 99.2 cm³/mol. The molecule has 0 spiro atoms. The fourth-order valence-corrected chi connectivity index (χ4v) is 2.45. The number of nitro groups is 2. The van der Waals surface area contributed by atoms with E-state index in [1.807, 2.05) is 0 Å². The molecule has 0 fully saturated rings. The Hall–Kier alpha value is -4.48. The minimum absolute atomic E-state index is 0.0587. The average molecular weight is 400 g/mol. The molecule has 0 saturated carbocycles. The van der Waals surface area contributed by atoms with Gasteiger partial charge in [0.15, 0.2) is 17.3 Å². The lowest BCUT2D eigenvalue weighted by Crippen LogP contribution is -2.16. The highest BCUT2D eigenvalue weighted by molar-refractivity contribution is 5.97. The van der Waals surface area contributed by atoms with E-state index in [1.54, 1.807) is 0 Å². The summed E-state index contributed by atoms with van der Waals surface area (Å²) in [5.41, 5.74) is 1.86. The summed E-state index contributed by atoms with van der Waals surface area (Å²) in [6, 6.07) is 7.26. The number of nitro benzene ring substituents is 2. The molecule has 0 atom stereocenters. The fourth-order valence-electron chi connectivity index (χ4n) is 2.45. The zero-order chi connectivity index (χ0) is 21.1. The maximum atomic E-state index is 12.2. The lowest BCUT2D eigenvalue weighted by atomic mass is 10.2. The van der Waals surface area contributed by atoms with Crippen LogP contribution in [0.3, 0.4) is 0 Å². The highest BCUT2D eigenvalue weighted by atomic mass is 16.6. The summed E-state index contributed by atoms with van der Waals surface area (Å²) in [5.74, 6) is -1.45. The van der Waals surface area contributed by atoms with E-state index in [1.165, 1.54) is 31.4 Å². The highest BCUT2D eigenvalue weighted by Gasteiger charge is 2.17. The van der Waals surface area contributed by atoms with Gasteiger partial charge in [0.25, 0.3) is 11.4 Å². The fraction of sp³-hybridized carbons (Fsp3) is 0.0588. The minimum Gasteiger partial charge on any atom is -0.504 e. The Bertz CT molecular complexity index is 1170. The summed E-state index contributed by atoms with van der Waals surface area (Å²) in [4.78, 5) is 32.7. The number of amides is 1. The Labute approximate surface area is 161 Å². The third-order valence-electron chi connectivity index (χ3n) is 3.82. The number of hydrogen-bond donors (Lipinski definition) is 2. The number of carbonyl (C=O) groups excluding carboxylic acids is 1. The molecule has 3 rings (SSSR count). The van der Waals surface area contributed by atoms with Gasteiger partial charge in [0.2, 0.25) is 0 Å². The van der Waals surface area contributed by atoms with Crippen LogP contribution in [0, 0.1) is 20.2 Å². The molecule has 0 unspecified atom stereocenters. The average Bonchev–Trinajstić information content (AvgIpc) is 3.12. The molecule has 29 heavy (non-hydrogen) atoms. The van der Waals surface area contributed by atoms with E-state index in [9.17, 15) is 30.1 Å². The summed E-state index contributed by atoms with van der Waals surface area (Å²) >= 11 is 0. The third kappa shape index (κ3) is 3.95. The quantitative estimate of drug-likeness (QED) is 0.361. The van der Waals surface area contributed by atoms with Crippen LogP contribution < -0.4 is 10.2 Å². The molecule has 0 saturated heterocycles. The van der Waals surface area contributed by atoms with Crippen LogP contribution in [0.1, 0.15) is 16.1 Å². The van der Waals surface area contributed by atoms with Crippen molar-refractivity contribution in [2.45, 2.75) is 0 Å². The number of nitrogens with zero attached hydrogens (tertiary/aromatic N) is 3. The van der Waals surface area contributed by atoms with Crippen LogP contribution in [0.4, 0.5) is 11.4 Å². The number of ether oxygens (including phenoxy) is 1. The Balaban J connectivity index is 1.81. The van der Waals surface area contributed by atoms with Crippen molar-refractivity contribution >= 4 is 34.5 Å². The van der Waals surface area contributed by atoms with Gasteiger partial charge in [0, 0.05) is 29.1 Å². The summed E-state index contributed by atoms with van der Waals surface area (Å²) in [5, 5.41) is 35.8. The van der Waals surface area contributed by atoms with Gasteiger partial charge >= 0.3 is 5.91 Å². The molecular weight excluding hydrogens is 388 g/mol. The number of furan rings is 1. The number of rotatable bonds is 6. The second kappa shape index (κ2) is 7.64. The van der Waals surface area contributed by atoms with E-state index in [4.69, 9.17) is 9.15 Å². The number of hydrogen-bond acceptors (Lipinski definition) is 9. The molecule has 1 aromatic heterocycles. The number of non-ortho nitro benzene ring substituents is 2. The van der Waals surface area contributed by atoms with Crippen LogP contribution in [-0.2, 0) is 0 Å². The number of nitrogens with one attached hydrogen (secondary N) is 1. The van der Waals surface area contributed by atoms with Gasteiger partial charge in [-0.15, -0.1) is 0 Å². The number of benzene rings is 2. The number of hydrazone groups is 1. The Kier molecular flexibility index (Phi) is 5.08. The van der Waals surface area contributed by atoms with Gasteiger partial charge in [0.05, 0.1) is 29.2 Å². The zero-order valence-electron chi connectivity index (χ0n) is 14.7. The van der Waals surface area contributed by atoms with Gasteiger partial charge in [-0.2, -0.15) is 5.10 Å². The van der Waals surface area contributed by atoms with Crippen LogP contribution in [0.5, 0.6) is 11.5 Å². The van der Waals surface area contributed by atoms with Crippen molar-refractivity contribution in [2.75, 3.05) is 7.11 Å². The van der Waals surface area contributed by atoms with Gasteiger partial charge in [-0.25, -0.2) is 5.43 Å². The summed E-state index contributed by atoms with van der Waals surface area (Å²) in [7, 11) is 1.23. The van der Waals surface area contributed by atoms with Gasteiger partial charge in [-0.1, -0.05) is 0 Å². The van der Waals surface area contributed by atoms with Crippen molar-refractivity contribution in [3.05, 3.63) is 68.0 Å². The van der Waals surface area contributed by atoms with Gasteiger partial charge in [0.1, 0.15) is 5.58 Å². The standard InChI is InChI=1S/C17H12N4O8/c1-28-14-7-12(21(26)27)5-10(16(14)22)8-18-19-17(23)15-6-9-4-11(20(24)25)2-3-13(9)29-15/h2-8,22H,1H3,(H,19,23)/b18-8+. The van der Waals surface area contributed by atoms with Crippen molar-refractivity contribution < 1.29 is 28.9 Å². The summed E-state index contributed by atoms with van der Waals surface area (Å²) in [6.45, 7) is 0. The number of phenolic OH excluding ortho intramolecular Hbond substituents is 1. The molecule has 2 aromatic carbocycles. The normalized spacial score (nSPS) is 10.9. The van der Waals surface area contributed by atoms with E-state index in [-0.39, 0.29) is 34.0 Å². The van der Waals surface area contributed by atoms with E-state index in [0.717, 1.165) is 18.3 Å². The second-order valence-corrected chi connectivity index (χ2v) is 5.63. The lowest BCUT2D eigenvalue weighted by Gasteiger charge is -2.05. The number of fused-ring (bicyclic) bond motifs is 1. The van der Waals surface area contributed by atoms with E-state index in [0.29, 0.717) is 5.39 Å². The Morgan fingerprint density at radius 1 is 1.17 bits per heavy atom. The van der Waals surface area contributed by atoms with Crippen molar-refractivity contribution in [3.8, 4) is 11.5 Å². The molecular formula is C17H12N4O8. The molecule has 0 radical (unpaired) electrons. The zero-order valence-corrected chi connectivity index (χ0v) is 14.7. The van der Waals surface area contributed by atoms with E-state index < -0.39 is 21.5 Å². The van der Waals surface area contributed by atoms with Crippen LogP contribution in [0.15, 0.2) is 45.9 Å². The molecule has 0 aliphatic heterocycles. The number of aromatic hydroxyl groups is 1. The smallest absolute Gasteiger partial charge is 0.307 e. The predicted octanol–water partition coefficient (Wildman–Crippen LogP) is 2.73. The lowest BCUT2D eigenvalue weighted by molar-refractivity contribution is -0.385. The SMILES string of the molecule is COc1cc([N+](=O)[O-])cc(/C=N/NC(=O)c2cc3cc([N+](=O)[O-])ccc3o2)c1O. The first-order chi connectivity index (χ1) is 13.8.